The van der Waals surface area contributed by atoms with Gasteiger partial charge in [-0.05, 0) is 43.5 Å². The van der Waals surface area contributed by atoms with Gasteiger partial charge in [-0.25, -0.2) is 13.1 Å². The molecule has 0 saturated heterocycles. The first-order valence-corrected chi connectivity index (χ1v) is 12.5. The Balaban J connectivity index is 1.99. The molecule has 0 aromatic heterocycles. The minimum absolute atomic E-state index is 0.0916. The average molecular weight is 469 g/mol. The molecule has 1 aliphatic heterocycles. The van der Waals surface area contributed by atoms with E-state index in [9.17, 15) is 18.3 Å². The number of hydrogen-bond donors (Lipinski definition) is 2. The summed E-state index contributed by atoms with van der Waals surface area (Å²) in [6.45, 7) is 10.7. The molecular weight excluding hydrogens is 440 g/mol. The van der Waals surface area contributed by atoms with Gasteiger partial charge in [0.1, 0.15) is 12.4 Å². The van der Waals surface area contributed by atoms with Crippen molar-refractivity contribution in [3.63, 3.8) is 0 Å². The van der Waals surface area contributed by atoms with Crippen molar-refractivity contribution in [3.8, 4) is 5.75 Å². The van der Waals surface area contributed by atoms with Crippen LogP contribution in [-0.4, -0.2) is 56.9 Å². The van der Waals surface area contributed by atoms with Crippen LogP contribution in [0.4, 0.5) is 5.69 Å². The van der Waals surface area contributed by atoms with Crippen LogP contribution in [0.15, 0.2) is 43.0 Å². The molecule has 1 heterocycles. The van der Waals surface area contributed by atoms with E-state index < -0.39 is 21.3 Å². The lowest BCUT2D eigenvalue weighted by Crippen LogP contribution is -2.47. The Bertz CT molecular complexity index is 980. The molecule has 1 aliphatic carbocycles. The Morgan fingerprint density at radius 3 is 2.74 bits per heavy atom. The van der Waals surface area contributed by atoms with Crippen molar-refractivity contribution in [1.82, 2.24) is 4.72 Å². The molecule has 2 aliphatic rings. The largest absolute Gasteiger partial charge is 0.490 e. The molecule has 1 amide bonds. The van der Waals surface area contributed by atoms with Crippen molar-refractivity contribution in [1.29, 1.82) is 0 Å². The van der Waals surface area contributed by atoms with Gasteiger partial charge in [0.05, 0.1) is 23.0 Å². The molecule has 0 radical (unpaired) electrons. The van der Waals surface area contributed by atoms with Crippen LogP contribution in [0.5, 0.6) is 5.75 Å². The van der Waals surface area contributed by atoms with Gasteiger partial charge in [-0.1, -0.05) is 19.2 Å². The number of aliphatic hydroxyl groups excluding tert-OH is 1. The topological polar surface area (TPSA) is 95.9 Å². The number of benzene rings is 1. The summed E-state index contributed by atoms with van der Waals surface area (Å²) in [6, 6.07) is 4.82. The van der Waals surface area contributed by atoms with Crippen LogP contribution in [0.3, 0.4) is 0 Å². The van der Waals surface area contributed by atoms with Gasteiger partial charge in [0.25, 0.3) is 5.91 Å². The highest BCUT2D eigenvalue weighted by atomic mass is 35.5. The number of fused-ring (bicyclic) bond motifs is 1. The molecule has 9 heteroatoms. The monoisotopic (exact) mass is 468 g/mol. The van der Waals surface area contributed by atoms with Crippen molar-refractivity contribution in [2.24, 2.45) is 11.3 Å². The summed E-state index contributed by atoms with van der Waals surface area (Å²) in [5.41, 5.74) is 1.02. The fourth-order valence-electron chi connectivity index (χ4n) is 3.80. The second-order valence-corrected chi connectivity index (χ2v) is 10.5. The van der Waals surface area contributed by atoms with Gasteiger partial charge in [-0.3, -0.25) is 4.79 Å². The number of nitrogens with zero attached hydrogens (tertiary/aromatic N) is 1. The molecule has 3 atom stereocenters. The van der Waals surface area contributed by atoms with E-state index >= 15 is 0 Å². The molecule has 2 N–H and O–H groups in total. The summed E-state index contributed by atoms with van der Waals surface area (Å²) in [5.74, 6) is 0.0241. The Hall–Kier alpha value is -2.03. The third-order valence-corrected chi connectivity index (χ3v) is 7.97. The number of carbonyl (C=O) groups is 1. The lowest BCUT2D eigenvalue weighted by Gasteiger charge is -2.41. The second-order valence-electron chi connectivity index (χ2n) is 8.23. The van der Waals surface area contributed by atoms with E-state index in [0.717, 1.165) is 18.4 Å². The zero-order valence-corrected chi connectivity index (χ0v) is 19.2. The standard InChI is InChI=1S/C22H29ClN2O5S/c1-4-15(3)22(12-23)13-25(11-17-6-8-19(17)26)18-10-16(7-9-20(18)30-14-22)21(27)24-31(28,29)5-2/h4,7,9-10,17,19,26H,1,3,5-6,8,11-14H2,2H3,(H,24,27)/t17-,19+,22-/m0/s1. The van der Waals surface area contributed by atoms with Gasteiger partial charge in [0.2, 0.25) is 10.0 Å². The van der Waals surface area contributed by atoms with Crippen molar-refractivity contribution >= 4 is 33.2 Å². The molecule has 1 fully saturated rings. The summed E-state index contributed by atoms with van der Waals surface area (Å²) in [6.07, 6.45) is 2.96. The van der Waals surface area contributed by atoms with Crippen molar-refractivity contribution in [3.05, 3.63) is 48.6 Å². The normalized spacial score (nSPS) is 25.5. The van der Waals surface area contributed by atoms with Crippen molar-refractivity contribution in [2.45, 2.75) is 25.9 Å². The van der Waals surface area contributed by atoms with E-state index in [2.05, 4.69) is 22.8 Å². The number of aliphatic hydroxyl groups is 1. The Morgan fingerprint density at radius 1 is 1.45 bits per heavy atom. The number of rotatable bonds is 8. The van der Waals surface area contributed by atoms with E-state index in [1.54, 1.807) is 18.2 Å². The van der Waals surface area contributed by atoms with Gasteiger partial charge in [0, 0.05) is 30.5 Å². The first-order valence-electron chi connectivity index (χ1n) is 10.3. The van der Waals surface area contributed by atoms with Crippen LogP contribution in [0.2, 0.25) is 0 Å². The first kappa shape index (κ1) is 23.6. The predicted molar refractivity (Wildman–Crippen MR) is 122 cm³/mol. The predicted octanol–water partition coefficient (Wildman–Crippen LogP) is 2.70. The lowest BCUT2D eigenvalue weighted by molar-refractivity contribution is 0.0275. The summed E-state index contributed by atoms with van der Waals surface area (Å²) in [7, 11) is -3.68. The fourth-order valence-corrected chi connectivity index (χ4v) is 4.68. The van der Waals surface area contributed by atoms with Crippen molar-refractivity contribution < 1.29 is 23.1 Å². The zero-order valence-electron chi connectivity index (χ0n) is 17.6. The third-order valence-electron chi connectivity index (χ3n) is 6.20. The van der Waals surface area contributed by atoms with Crippen LogP contribution in [0.1, 0.15) is 30.1 Å². The van der Waals surface area contributed by atoms with Gasteiger partial charge < -0.3 is 14.7 Å². The number of ether oxygens (including phenoxy) is 1. The SMILES string of the molecule is C=CC(=C)[C@]1(CCl)COc2ccc(C(=O)NS(=O)(=O)CC)cc2N(C[C@@H]2CC[C@H]2O)C1. The lowest BCUT2D eigenvalue weighted by atomic mass is 9.79. The molecular formula is C22H29ClN2O5S. The molecule has 1 saturated carbocycles. The highest BCUT2D eigenvalue weighted by Gasteiger charge is 2.40. The number of alkyl halides is 1. The molecule has 170 valence electrons. The van der Waals surface area contributed by atoms with Gasteiger partial charge in [-0.2, -0.15) is 0 Å². The average Bonchev–Trinajstić information content (AvgIpc) is 2.92. The molecule has 0 bridgehead atoms. The number of sulfonamides is 1. The summed E-state index contributed by atoms with van der Waals surface area (Å²) < 4.78 is 31.8. The second kappa shape index (κ2) is 9.22. The quantitative estimate of drug-likeness (QED) is 0.450. The first-order chi connectivity index (χ1) is 14.6. The molecule has 1 aromatic rings. The van der Waals surface area contributed by atoms with Gasteiger partial charge in [-0.15, -0.1) is 11.6 Å². The molecule has 3 rings (SSSR count). The van der Waals surface area contributed by atoms with E-state index in [1.165, 1.54) is 13.0 Å². The van der Waals surface area contributed by atoms with Crippen LogP contribution in [0.25, 0.3) is 0 Å². The van der Waals surface area contributed by atoms with Crippen LogP contribution in [0, 0.1) is 11.3 Å². The third kappa shape index (κ3) is 4.91. The summed E-state index contributed by atoms with van der Waals surface area (Å²) in [5, 5.41) is 10.1. The number of allylic oxidation sites excluding steroid dienone is 1. The highest BCUT2D eigenvalue weighted by Crippen LogP contribution is 2.42. The van der Waals surface area contributed by atoms with Crippen molar-refractivity contribution in [2.75, 3.05) is 36.2 Å². The summed E-state index contributed by atoms with van der Waals surface area (Å²) in [4.78, 5) is 14.6. The van der Waals surface area contributed by atoms with Crippen LogP contribution < -0.4 is 14.4 Å². The van der Waals surface area contributed by atoms with Crippen LogP contribution >= 0.6 is 11.6 Å². The molecule has 0 unspecified atom stereocenters. The maximum absolute atomic E-state index is 12.5. The number of halogens is 1. The van der Waals surface area contributed by atoms with Gasteiger partial charge in [0.15, 0.2) is 0 Å². The van der Waals surface area contributed by atoms with E-state index in [4.69, 9.17) is 16.3 Å². The number of anilines is 1. The maximum atomic E-state index is 12.5. The van der Waals surface area contributed by atoms with Gasteiger partial charge >= 0.3 is 0 Å². The smallest absolute Gasteiger partial charge is 0.264 e. The Labute approximate surface area is 188 Å². The van der Waals surface area contributed by atoms with Crippen LogP contribution in [-0.2, 0) is 10.0 Å². The molecule has 1 aromatic carbocycles. The Kier molecular flexibility index (Phi) is 7.03. The fraction of sp³-hybridized carbons (Fsp3) is 0.500. The number of hydrogen-bond acceptors (Lipinski definition) is 6. The minimum atomic E-state index is -3.68. The van der Waals surface area contributed by atoms with E-state index in [-0.39, 0.29) is 35.8 Å². The molecule has 7 nitrogen and oxygen atoms in total. The highest BCUT2D eigenvalue weighted by molar-refractivity contribution is 7.90. The number of amides is 1. The molecule has 31 heavy (non-hydrogen) atoms. The summed E-state index contributed by atoms with van der Waals surface area (Å²) >= 11 is 6.38. The number of carbonyl (C=O) groups excluding carboxylic acids is 1. The maximum Gasteiger partial charge on any atom is 0.264 e. The zero-order chi connectivity index (χ0) is 22.8. The Morgan fingerprint density at radius 2 is 2.19 bits per heavy atom. The van der Waals surface area contributed by atoms with E-state index in [1.807, 2.05) is 0 Å². The molecule has 0 spiro atoms. The van der Waals surface area contributed by atoms with E-state index in [0.29, 0.717) is 24.5 Å². The number of nitrogens with one attached hydrogen (secondary N) is 1. The minimum Gasteiger partial charge on any atom is -0.490 e.